The highest BCUT2D eigenvalue weighted by molar-refractivity contribution is 5.87. The van der Waals surface area contributed by atoms with Gasteiger partial charge in [0.2, 0.25) is 5.95 Å². The summed E-state index contributed by atoms with van der Waals surface area (Å²) < 4.78 is 4.95. The number of nitrogens with one attached hydrogen (secondary N) is 3. The second-order valence-electron chi connectivity index (χ2n) is 7.62. The minimum Gasteiger partial charge on any atom is -0.463 e. The molecule has 0 bridgehead atoms. The number of unbranched alkanes of at least 4 members (excludes halogenated alkanes) is 6. The van der Waals surface area contributed by atoms with Crippen molar-refractivity contribution in [3.63, 3.8) is 0 Å². The molecule has 0 saturated carbocycles. The van der Waals surface area contributed by atoms with Crippen molar-refractivity contribution in [1.29, 1.82) is 0 Å². The van der Waals surface area contributed by atoms with Crippen LogP contribution in [0.1, 0.15) is 57.1 Å². The van der Waals surface area contributed by atoms with Crippen molar-refractivity contribution in [2.75, 3.05) is 38.6 Å². The number of anilines is 1. The fourth-order valence-electron chi connectivity index (χ4n) is 3.05. The van der Waals surface area contributed by atoms with Gasteiger partial charge in [-0.15, -0.1) is 0 Å². The van der Waals surface area contributed by atoms with Crippen LogP contribution in [0.25, 0.3) is 0 Å². The molecule has 9 heteroatoms. The highest BCUT2D eigenvalue weighted by atomic mass is 16.5. The summed E-state index contributed by atoms with van der Waals surface area (Å²) in [5.41, 5.74) is 0.253. The fourth-order valence-corrected chi connectivity index (χ4v) is 3.05. The highest BCUT2D eigenvalue weighted by Crippen LogP contribution is 2.08. The molecule has 0 fully saturated rings. The summed E-state index contributed by atoms with van der Waals surface area (Å²) in [6, 6.07) is 0.987. The lowest BCUT2D eigenvalue weighted by Gasteiger charge is -2.16. The topological polar surface area (TPSA) is 116 Å². The SMILES string of the molecule is C=CC(=O)OCCCCCCCCCN(C)CCCNC(=O)Nc1nc(C)cc(=O)[nH]1. The van der Waals surface area contributed by atoms with Crippen molar-refractivity contribution in [1.82, 2.24) is 20.2 Å². The molecule has 1 aromatic rings. The van der Waals surface area contributed by atoms with Gasteiger partial charge in [-0.1, -0.05) is 38.7 Å². The zero-order valence-corrected chi connectivity index (χ0v) is 18.9. The maximum absolute atomic E-state index is 11.9. The van der Waals surface area contributed by atoms with Crippen molar-refractivity contribution < 1.29 is 14.3 Å². The van der Waals surface area contributed by atoms with Gasteiger partial charge in [-0.25, -0.2) is 14.6 Å². The predicted octanol–water partition coefficient (Wildman–Crippen LogP) is 2.98. The molecule has 0 aromatic carbocycles. The lowest BCUT2D eigenvalue weighted by molar-refractivity contribution is -0.137. The van der Waals surface area contributed by atoms with Gasteiger partial charge in [-0.3, -0.25) is 15.1 Å². The Kier molecular flexibility index (Phi) is 13.7. The number of aryl methyl sites for hydroxylation is 1. The number of esters is 1. The minimum absolute atomic E-state index is 0.149. The zero-order valence-electron chi connectivity index (χ0n) is 18.9. The van der Waals surface area contributed by atoms with E-state index in [1.54, 1.807) is 6.92 Å². The van der Waals surface area contributed by atoms with Crippen LogP contribution in [-0.2, 0) is 9.53 Å². The van der Waals surface area contributed by atoms with Crippen LogP contribution in [0.3, 0.4) is 0 Å². The van der Waals surface area contributed by atoms with Gasteiger partial charge in [0.25, 0.3) is 5.56 Å². The number of hydrogen-bond acceptors (Lipinski definition) is 6. The van der Waals surface area contributed by atoms with Gasteiger partial charge in [0.1, 0.15) is 0 Å². The molecule has 1 rings (SSSR count). The second kappa shape index (κ2) is 16.1. The second-order valence-corrected chi connectivity index (χ2v) is 7.62. The molecule has 1 heterocycles. The van der Waals surface area contributed by atoms with Gasteiger partial charge in [-0.05, 0) is 46.3 Å². The first-order valence-corrected chi connectivity index (χ1v) is 11.0. The molecular weight excluding hydrogens is 398 g/mol. The monoisotopic (exact) mass is 435 g/mol. The maximum atomic E-state index is 11.9. The van der Waals surface area contributed by atoms with E-state index in [1.165, 1.54) is 37.8 Å². The molecule has 0 unspecified atom stereocenters. The van der Waals surface area contributed by atoms with E-state index in [9.17, 15) is 14.4 Å². The van der Waals surface area contributed by atoms with Gasteiger partial charge >= 0.3 is 12.0 Å². The van der Waals surface area contributed by atoms with E-state index in [0.29, 0.717) is 18.8 Å². The van der Waals surface area contributed by atoms with E-state index < -0.39 is 0 Å². The van der Waals surface area contributed by atoms with Crippen LogP contribution in [-0.4, -0.2) is 60.2 Å². The molecule has 0 spiro atoms. The van der Waals surface area contributed by atoms with Crippen LogP contribution in [0.15, 0.2) is 23.5 Å². The van der Waals surface area contributed by atoms with Crippen molar-refractivity contribution >= 4 is 17.9 Å². The number of carbonyl (C=O) groups is 2. The van der Waals surface area contributed by atoms with E-state index in [2.05, 4.69) is 39.1 Å². The highest BCUT2D eigenvalue weighted by Gasteiger charge is 2.05. The molecule has 0 aliphatic rings. The van der Waals surface area contributed by atoms with E-state index in [0.717, 1.165) is 38.8 Å². The number of aromatic nitrogens is 2. The van der Waals surface area contributed by atoms with Gasteiger partial charge < -0.3 is 15.0 Å². The summed E-state index contributed by atoms with van der Waals surface area (Å²) in [7, 11) is 2.09. The molecule has 1 aromatic heterocycles. The number of aromatic amines is 1. The number of hydrogen-bond donors (Lipinski definition) is 3. The average Bonchev–Trinajstić information content (AvgIpc) is 2.71. The Hall–Kier alpha value is -2.68. The molecule has 31 heavy (non-hydrogen) atoms. The molecule has 3 N–H and O–H groups in total. The fraction of sp³-hybridized carbons (Fsp3) is 0.636. The Morgan fingerprint density at radius 3 is 2.45 bits per heavy atom. The number of carbonyl (C=O) groups excluding carboxylic acids is 2. The minimum atomic E-state index is -0.379. The Bertz CT molecular complexity index is 735. The largest absolute Gasteiger partial charge is 0.463 e. The number of amides is 2. The Balaban J connectivity index is 1.95. The molecule has 0 radical (unpaired) electrons. The first kappa shape index (κ1) is 26.4. The van der Waals surface area contributed by atoms with Crippen LogP contribution in [0.2, 0.25) is 0 Å². The Labute approximate surface area is 184 Å². The zero-order chi connectivity index (χ0) is 22.9. The van der Waals surface area contributed by atoms with Crippen molar-refractivity contribution in [3.05, 3.63) is 34.8 Å². The van der Waals surface area contributed by atoms with E-state index in [4.69, 9.17) is 4.74 Å². The third-order valence-electron chi connectivity index (χ3n) is 4.70. The molecule has 0 aliphatic heterocycles. The van der Waals surface area contributed by atoms with Gasteiger partial charge in [0.15, 0.2) is 0 Å². The molecule has 0 atom stereocenters. The third-order valence-corrected chi connectivity index (χ3v) is 4.70. The number of nitrogens with zero attached hydrogens (tertiary/aromatic N) is 2. The lowest BCUT2D eigenvalue weighted by Crippen LogP contribution is -2.33. The first-order chi connectivity index (χ1) is 14.9. The molecule has 0 saturated heterocycles. The smallest absolute Gasteiger partial charge is 0.330 e. The van der Waals surface area contributed by atoms with Crippen LogP contribution >= 0.6 is 0 Å². The first-order valence-electron chi connectivity index (χ1n) is 11.0. The summed E-state index contributed by atoms with van der Waals surface area (Å²) in [5, 5.41) is 5.30. The van der Waals surface area contributed by atoms with Crippen LogP contribution in [0.4, 0.5) is 10.7 Å². The van der Waals surface area contributed by atoms with E-state index in [1.807, 2.05) is 0 Å². The number of rotatable bonds is 16. The molecule has 2 amide bonds. The Morgan fingerprint density at radius 1 is 1.13 bits per heavy atom. The standard InChI is InChI=1S/C22H37N5O4/c1-4-20(29)31-16-11-9-7-5-6-8-10-14-27(3)15-12-13-23-22(30)26-21-24-18(2)17-19(28)25-21/h4,17H,1,5-16H2,2-3H3,(H3,23,24,25,26,28,30). The molecular formula is C22H37N5O4. The van der Waals surface area contributed by atoms with Crippen LogP contribution < -0.4 is 16.2 Å². The number of ether oxygens (including phenoxy) is 1. The van der Waals surface area contributed by atoms with Gasteiger partial charge in [-0.2, -0.15) is 0 Å². The van der Waals surface area contributed by atoms with E-state index in [-0.39, 0.29) is 23.5 Å². The summed E-state index contributed by atoms with van der Waals surface area (Å²) >= 11 is 0. The lowest BCUT2D eigenvalue weighted by atomic mass is 10.1. The van der Waals surface area contributed by atoms with Crippen molar-refractivity contribution in [2.45, 2.75) is 58.3 Å². The van der Waals surface area contributed by atoms with E-state index >= 15 is 0 Å². The number of H-pyrrole nitrogens is 1. The maximum Gasteiger partial charge on any atom is 0.330 e. The summed E-state index contributed by atoms with van der Waals surface area (Å²) in [5.74, 6) is -0.198. The van der Waals surface area contributed by atoms with Crippen molar-refractivity contribution in [3.8, 4) is 0 Å². The Morgan fingerprint density at radius 2 is 1.77 bits per heavy atom. The molecule has 9 nitrogen and oxygen atoms in total. The quantitative estimate of drug-likeness (QED) is 0.209. The van der Waals surface area contributed by atoms with Crippen molar-refractivity contribution in [2.24, 2.45) is 0 Å². The molecule has 0 aliphatic carbocycles. The molecule has 174 valence electrons. The average molecular weight is 436 g/mol. The summed E-state index contributed by atoms with van der Waals surface area (Å²) in [4.78, 5) is 42.9. The normalized spacial score (nSPS) is 10.7. The summed E-state index contributed by atoms with van der Waals surface area (Å²) in [6.07, 6.45) is 10.00. The predicted molar refractivity (Wildman–Crippen MR) is 122 cm³/mol. The van der Waals surface area contributed by atoms with Crippen LogP contribution in [0, 0.1) is 6.92 Å². The van der Waals surface area contributed by atoms with Gasteiger partial charge in [0, 0.05) is 24.4 Å². The number of urea groups is 1. The summed E-state index contributed by atoms with van der Waals surface area (Å²) in [6.45, 7) is 8.04. The van der Waals surface area contributed by atoms with Gasteiger partial charge in [0.05, 0.1) is 6.61 Å². The van der Waals surface area contributed by atoms with Crippen LogP contribution in [0.5, 0.6) is 0 Å². The third kappa shape index (κ3) is 14.0.